The molecule has 1 saturated heterocycles. The Morgan fingerprint density at radius 2 is 1.65 bits per heavy atom. The van der Waals surface area contributed by atoms with Crippen LogP contribution in [0.3, 0.4) is 0 Å². The minimum Gasteiger partial charge on any atom is -0.493 e. The first-order valence-electron chi connectivity index (χ1n) is 12.3. The summed E-state index contributed by atoms with van der Waals surface area (Å²) in [5.41, 5.74) is 2.46. The minimum atomic E-state index is -0.156. The predicted octanol–water partition coefficient (Wildman–Crippen LogP) is 4.20. The maximum Gasteiger partial charge on any atom is 0.253 e. The minimum absolute atomic E-state index is 0.00812. The van der Waals surface area contributed by atoms with Gasteiger partial charge in [0.25, 0.3) is 5.91 Å². The molecule has 7 nitrogen and oxygen atoms in total. The molecule has 7 heteroatoms. The van der Waals surface area contributed by atoms with Crippen LogP contribution in [0.2, 0.25) is 0 Å². The molecule has 0 atom stereocenters. The quantitative estimate of drug-likeness (QED) is 0.596. The van der Waals surface area contributed by atoms with Crippen LogP contribution in [-0.4, -0.2) is 66.0 Å². The van der Waals surface area contributed by atoms with Crippen molar-refractivity contribution in [3.05, 3.63) is 47.3 Å². The number of ketones is 1. The number of fused-ring (bicyclic) bond motifs is 2. The number of methoxy groups -OCH3 is 1. The van der Waals surface area contributed by atoms with Gasteiger partial charge in [-0.3, -0.25) is 14.5 Å². The number of piperidine rings is 1. The number of likely N-dealkylation sites (tertiary alicyclic amines) is 1. The Kier molecular flexibility index (Phi) is 6.76. The summed E-state index contributed by atoms with van der Waals surface area (Å²) in [6, 6.07) is 9.51. The van der Waals surface area contributed by atoms with Crippen LogP contribution < -0.4 is 9.47 Å². The highest BCUT2D eigenvalue weighted by Crippen LogP contribution is 2.42. The van der Waals surface area contributed by atoms with Gasteiger partial charge in [-0.15, -0.1) is 0 Å². The molecule has 1 aromatic heterocycles. The Morgan fingerprint density at radius 3 is 2.26 bits per heavy atom. The molecule has 2 aromatic rings. The van der Waals surface area contributed by atoms with Gasteiger partial charge in [-0.25, -0.2) is 0 Å². The lowest BCUT2D eigenvalue weighted by Gasteiger charge is -2.50. The molecule has 2 aliphatic heterocycles. The summed E-state index contributed by atoms with van der Waals surface area (Å²) in [7, 11) is 3.75. The number of ether oxygens (including phenoxy) is 2. The number of aromatic nitrogens is 1. The van der Waals surface area contributed by atoms with Gasteiger partial charge in [0.1, 0.15) is 0 Å². The molecular formula is C27H37N3O4. The Hall–Kier alpha value is -2.80. The van der Waals surface area contributed by atoms with Crippen LogP contribution in [0, 0.1) is 5.92 Å². The standard InChI is InChI=1S/C27H37N3O4/c1-18(2)25(31)21-8-10-24-27(28(5)15-16-30(21)24)11-13-29(14-12-27)26(32)20-7-9-22(34-19(3)4)23(17-20)33-6/h7-10,17-19H,11-16H2,1-6H3. The summed E-state index contributed by atoms with van der Waals surface area (Å²) < 4.78 is 13.5. The van der Waals surface area contributed by atoms with E-state index in [1.54, 1.807) is 13.2 Å². The Balaban J connectivity index is 1.53. The molecule has 0 radical (unpaired) electrons. The zero-order valence-corrected chi connectivity index (χ0v) is 21.3. The van der Waals surface area contributed by atoms with Crippen LogP contribution >= 0.6 is 0 Å². The Morgan fingerprint density at radius 1 is 0.941 bits per heavy atom. The zero-order chi connectivity index (χ0) is 24.6. The monoisotopic (exact) mass is 467 g/mol. The number of hydrogen-bond donors (Lipinski definition) is 0. The van der Waals surface area contributed by atoms with Crippen molar-refractivity contribution in [3.8, 4) is 11.5 Å². The van der Waals surface area contributed by atoms with Gasteiger partial charge in [-0.05, 0) is 64.1 Å². The number of carbonyl (C=O) groups excluding carboxylic acids is 2. The van der Waals surface area contributed by atoms with E-state index in [-0.39, 0.29) is 29.3 Å². The number of rotatable bonds is 6. The number of carbonyl (C=O) groups is 2. The van der Waals surface area contributed by atoms with Crippen molar-refractivity contribution in [2.45, 2.75) is 58.7 Å². The van der Waals surface area contributed by atoms with E-state index < -0.39 is 0 Å². The molecule has 34 heavy (non-hydrogen) atoms. The molecule has 0 N–H and O–H groups in total. The van der Waals surface area contributed by atoms with E-state index >= 15 is 0 Å². The molecule has 1 amide bonds. The van der Waals surface area contributed by atoms with Crippen molar-refractivity contribution in [1.29, 1.82) is 0 Å². The van der Waals surface area contributed by atoms with Gasteiger partial charge < -0.3 is 18.9 Å². The SMILES string of the molecule is COc1cc(C(=O)N2CCC3(CC2)c2ccc(C(=O)C(C)C)n2CCN3C)ccc1OC(C)C. The van der Waals surface area contributed by atoms with Gasteiger partial charge in [-0.1, -0.05) is 13.8 Å². The lowest BCUT2D eigenvalue weighted by molar-refractivity contribution is 0.0127. The Bertz CT molecular complexity index is 1060. The smallest absolute Gasteiger partial charge is 0.253 e. The molecule has 1 spiro atoms. The number of benzene rings is 1. The van der Waals surface area contributed by atoms with Crippen molar-refractivity contribution >= 4 is 11.7 Å². The van der Waals surface area contributed by atoms with Crippen molar-refractivity contribution in [2.24, 2.45) is 5.92 Å². The molecule has 0 aliphatic carbocycles. The summed E-state index contributed by atoms with van der Waals surface area (Å²) >= 11 is 0. The summed E-state index contributed by atoms with van der Waals surface area (Å²) in [4.78, 5) is 30.4. The van der Waals surface area contributed by atoms with E-state index in [4.69, 9.17) is 9.47 Å². The maximum atomic E-state index is 13.3. The molecule has 0 saturated carbocycles. The Labute approximate surface area is 202 Å². The molecule has 4 rings (SSSR count). The molecule has 3 heterocycles. The molecule has 1 aromatic carbocycles. The highest BCUT2D eigenvalue weighted by molar-refractivity contribution is 5.96. The third-order valence-electron chi connectivity index (χ3n) is 7.28. The van der Waals surface area contributed by atoms with Crippen molar-refractivity contribution in [1.82, 2.24) is 14.4 Å². The van der Waals surface area contributed by atoms with E-state index in [2.05, 4.69) is 22.6 Å². The fourth-order valence-corrected chi connectivity index (χ4v) is 5.34. The second kappa shape index (κ2) is 9.45. The van der Waals surface area contributed by atoms with E-state index in [0.29, 0.717) is 30.2 Å². The first kappa shape index (κ1) is 24.3. The van der Waals surface area contributed by atoms with Crippen LogP contribution in [0.25, 0.3) is 0 Å². The van der Waals surface area contributed by atoms with Crippen molar-refractivity contribution < 1.29 is 19.1 Å². The van der Waals surface area contributed by atoms with Gasteiger partial charge in [-0.2, -0.15) is 0 Å². The third-order valence-corrected chi connectivity index (χ3v) is 7.28. The van der Waals surface area contributed by atoms with E-state index in [1.165, 1.54) is 5.69 Å². The second-order valence-electron chi connectivity index (χ2n) is 10.1. The average molecular weight is 468 g/mol. The van der Waals surface area contributed by atoms with E-state index in [0.717, 1.165) is 31.6 Å². The van der Waals surface area contributed by atoms with Gasteiger partial charge in [0, 0.05) is 43.4 Å². The van der Waals surface area contributed by atoms with Gasteiger partial charge >= 0.3 is 0 Å². The van der Waals surface area contributed by atoms with Gasteiger partial charge in [0.2, 0.25) is 0 Å². The fraction of sp³-hybridized carbons (Fsp3) is 0.556. The lowest BCUT2D eigenvalue weighted by atomic mass is 9.81. The summed E-state index contributed by atoms with van der Waals surface area (Å²) in [5, 5.41) is 0. The number of nitrogens with zero attached hydrogens (tertiary/aromatic N) is 3. The first-order valence-corrected chi connectivity index (χ1v) is 12.3. The second-order valence-corrected chi connectivity index (χ2v) is 10.1. The highest BCUT2D eigenvalue weighted by atomic mass is 16.5. The number of hydrogen-bond acceptors (Lipinski definition) is 5. The van der Waals surface area contributed by atoms with Crippen LogP contribution in [0.1, 0.15) is 67.1 Å². The highest BCUT2D eigenvalue weighted by Gasteiger charge is 2.45. The molecule has 184 valence electrons. The van der Waals surface area contributed by atoms with Crippen molar-refractivity contribution in [2.75, 3.05) is 33.8 Å². The van der Waals surface area contributed by atoms with Crippen LogP contribution in [0.5, 0.6) is 11.5 Å². The topological polar surface area (TPSA) is 64.0 Å². The first-order chi connectivity index (χ1) is 16.2. The third kappa shape index (κ3) is 4.22. The van der Waals surface area contributed by atoms with Crippen molar-refractivity contribution in [3.63, 3.8) is 0 Å². The number of amides is 1. The largest absolute Gasteiger partial charge is 0.493 e. The fourth-order valence-electron chi connectivity index (χ4n) is 5.34. The van der Waals surface area contributed by atoms with Crippen LogP contribution in [0.15, 0.2) is 30.3 Å². The summed E-state index contributed by atoms with van der Waals surface area (Å²) in [6.45, 7) is 10.9. The summed E-state index contributed by atoms with van der Waals surface area (Å²) in [6.07, 6.45) is 1.69. The average Bonchev–Trinajstić information content (AvgIpc) is 3.26. The maximum absolute atomic E-state index is 13.3. The summed E-state index contributed by atoms with van der Waals surface area (Å²) in [5.74, 6) is 1.39. The number of Topliss-reactive ketones (excluding diaryl/α,β-unsaturated/α-hetero) is 1. The number of likely N-dealkylation sites (N-methyl/N-ethyl adjacent to an activating group) is 1. The zero-order valence-electron chi connectivity index (χ0n) is 21.3. The molecule has 0 unspecified atom stereocenters. The molecular weight excluding hydrogens is 430 g/mol. The normalized spacial score (nSPS) is 17.8. The predicted molar refractivity (Wildman–Crippen MR) is 132 cm³/mol. The molecule has 2 aliphatic rings. The van der Waals surface area contributed by atoms with E-state index in [9.17, 15) is 9.59 Å². The molecule has 1 fully saturated rings. The van der Waals surface area contributed by atoms with Gasteiger partial charge in [0.05, 0.1) is 24.4 Å². The van der Waals surface area contributed by atoms with Crippen LogP contribution in [-0.2, 0) is 12.1 Å². The molecule has 0 bridgehead atoms. The van der Waals surface area contributed by atoms with Crippen LogP contribution in [0.4, 0.5) is 0 Å². The van der Waals surface area contributed by atoms with E-state index in [1.807, 2.05) is 50.8 Å². The lowest BCUT2D eigenvalue weighted by Crippen LogP contribution is -2.56. The van der Waals surface area contributed by atoms with Gasteiger partial charge in [0.15, 0.2) is 17.3 Å².